The van der Waals surface area contributed by atoms with Crippen molar-refractivity contribution in [1.29, 1.82) is 0 Å². The summed E-state index contributed by atoms with van der Waals surface area (Å²) < 4.78 is 13.9. The Balaban J connectivity index is 2.98. The summed E-state index contributed by atoms with van der Waals surface area (Å²) in [6.45, 7) is 4.82. The standard InChI is InChI=1S/C10H15FN2O/c1-7(2)10(14)9-4-5-12-13(9)8(3)6-11/h4-5,7-8H,6H2,1-3H3. The summed E-state index contributed by atoms with van der Waals surface area (Å²) in [5.41, 5.74) is 0.491. The van der Waals surface area contributed by atoms with Gasteiger partial charge in [0.15, 0.2) is 5.78 Å². The zero-order valence-corrected chi connectivity index (χ0v) is 8.70. The Labute approximate surface area is 82.9 Å². The van der Waals surface area contributed by atoms with E-state index in [-0.39, 0.29) is 17.7 Å². The smallest absolute Gasteiger partial charge is 0.183 e. The van der Waals surface area contributed by atoms with Crippen LogP contribution in [0.15, 0.2) is 12.3 Å². The Morgan fingerprint density at radius 3 is 2.71 bits per heavy atom. The van der Waals surface area contributed by atoms with Crippen LogP contribution in [0.3, 0.4) is 0 Å². The van der Waals surface area contributed by atoms with Crippen molar-refractivity contribution in [1.82, 2.24) is 9.78 Å². The van der Waals surface area contributed by atoms with Crippen LogP contribution >= 0.6 is 0 Å². The van der Waals surface area contributed by atoms with Gasteiger partial charge in [-0.3, -0.25) is 9.48 Å². The second-order valence-electron chi connectivity index (χ2n) is 3.68. The molecule has 0 aliphatic heterocycles. The molecular weight excluding hydrogens is 183 g/mol. The third-order valence-corrected chi connectivity index (χ3v) is 2.09. The molecule has 0 aromatic carbocycles. The molecule has 0 saturated carbocycles. The highest BCUT2D eigenvalue weighted by Gasteiger charge is 2.18. The maximum Gasteiger partial charge on any atom is 0.183 e. The maximum atomic E-state index is 12.4. The van der Waals surface area contributed by atoms with Crippen molar-refractivity contribution in [3.63, 3.8) is 0 Å². The van der Waals surface area contributed by atoms with Crippen molar-refractivity contribution in [2.75, 3.05) is 6.67 Å². The fourth-order valence-corrected chi connectivity index (χ4v) is 1.22. The average molecular weight is 198 g/mol. The first-order valence-corrected chi connectivity index (χ1v) is 4.71. The van der Waals surface area contributed by atoms with E-state index in [9.17, 15) is 9.18 Å². The first-order valence-electron chi connectivity index (χ1n) is 4.71. The SMILES string of the molecule is CC(C)C(=O)c1ccnn1C(C)CF. The van der Waals surface area contributed by atoms with Crippen LogP contribution in [0.4, 0.5) is 4.39 Å². The Hall–Kier alpha value is -1.19. The zero-order chi connectivity index (χ0) is 10.7. The molecule has 0 bridgehead atoms. The molecule has 78 valence electrons. The van der Waals surface area contributed by atoms with Gasteiger partial charge >= 0.3 is 0 Å². The monoisotopic (exact) mass is 198 g/mol. The van der Waals surface area contributed by atoms with Crippen molar-refractivity contribution < 1.29 is 9.18 Å². The largest absolute Gasteiger partial charge is 0.292 e. The molecule has 3 nitrogen and oxygen atoms in total. The van der Waals surface area contributed by atoms with Crippen LogP contribution in [0.25, 0.3) is 0 Å². The molecule has 1 aromatic heterocycles. The molecule has 0 saturated heterocycles. The van der Waals surface area contributed by atoms with E-state index in [1.165, 1.54) is 10.9 Å². The third kappa shape index (κ3) is 2.00. The van der Waals surface area contributed by atoms with Crippen molar-refractivity contribution in [2.45, 2.75) is 26.8 Å². The minimum absolute atomic E-state index is 0.00259. The molecular formula is C10H15FN2O. The van der Waals surface area contributed by atoms with E-state index >= 15 is 0 Å². The lowest BCUT2D eigenvalue weighted by Crippen LogP contribution is -2.18. The fraction of sp³-hybridized carbons (Fsp3) is 0.600. The van der Waals surface area contributed by atoms with E-state index < -0.39 is 6.67 Å². The number of Topliss-reactive ketones (excluding diaryl/α,β-unsaturated/α-hetero) is 1. The van der Waals surface area contributed by atoms with E-state index in [0.29, 0.717) is 5.69 Å². The quantitative estimate of drug-likeness (QED) is 0.695. The highest BCUT2D eigenvalue weighted by atomic mass is 19.1. The lowest BCUT2D eigenvalue weighted by Gasteiger charge is -2.12. The minimum atomic E-state index is -0.514. The molecule has 4 heteroatoms. The molecule has 0 N–H and O–H groups in total. The summed E-state index contributed by atoms with van der Waals surface area (Å²) in [4.78, 5) is 11.7. The second kappa shape index (κ2) is 4.35. The lowest BCUT2D eigenvalue weighted by molar-refractivity contribution is 0.0925. The fourth-order valence-electron chi connectivity index (χ4n) is 1.22. The van der Waals surface area contributed by atoms with Gasteiger partial charge in [-0.15, -0.1) is 0 Å². The minimum Gasteiger partial charge on any atom is -0.292 e. The number of aromatic nitrogens is 2. The molecule has 0 aliphatic rings. The van der Waals surface area contributed by atoms with E-state index in [2.05, 4.69) is 5.10 Å². The number of ketones is 1. The number of nitrogens with zero attached hydrogens (tertiary/aromatic N) is 2. The van der Waals surface area contributed by atoms with Gasteiger partial charge in [0.25, 0.3) is 0 Å². The normalized spacial score (nSPS) is 13.2. The second-order valence-corrected chi connectivity index (χ2v) is 3.68. The number of halogens is 1. The molecule has 0 fully saturated rings. The molecule has 0 spiro atoms. The highest BCUT2D eigenvalue weighted by Crippen LogP contribution is 2.13. The number of rotatable bonds is 4. The van der Waals surface area contributed by atoms with Crippen LogP contribution in [-0.2, 0) is 0 Å². The molecule has 1 atom stereocenters. The Morgan fingerprint density at radius 2 is 2.21 bits per heavy atom. The van der Waals surface area contributed by atoms with Crippen molar-refractivity contribution in [3.8, 4) is 0 Å². The van der Waals surface area contributed by atoms with Gasteiger partial charge in [-0.1, -0.05) is 13.8 Å². The Morgan fingerprint density at radius 1 is 1.57 bits per heavy atom. The summed E-state index contributed by atoms with van der Waals surface area (Å²) in [5, 5.41) is 3.95. The number of hydrogen-bond donors (Lipinski definition) is 0. The van der Waals surface area contributed by atoms with Crippen molar-refractivity contribution in [3.05, 3.63) is 18.0 Å². The highest BCUT2D eigenvalue weighted by molar-refractivity contribution is 5.95. The van der Waals surface area contributed by atoms with Gasteiger partial charge in [-0.2, -0.15) is 5.10 Å². The summed E-state index contributed by atoms with van der Waals surface area (Å²) in [5.74, 6) is -0.0833. The third-order valence-electron chi connectivity index (χ3n) is 2.09. The van der Waals surface area contributed by atoms with Gasteiger partial charge in [-0.05, 0) is 13.0 Å². The molecule has 1 unspecified atom stereocenters. The van der Waals surface area contributed by atoms with Crippen molar-refractivity contribution >= 4 is 5.78 Å². The molecule has 1 aromatic rings. The van der Waals surface area contributed by atoms with Crippen LogP contribution in [0.1, 0.15) is 37.3 Å². The van der Waals surface area contributed by atoms with Gasteiger partial charge < -0.3 is 0 Å². The average Bonchev–Trinajstić information content (AvgIpc) is 2.63. The van der Waals surface area contributed by atoms with Crippen LogP contribution < -0.4 is 0 Å². The van der Waals surface area contributed by atoms with Crippen LogP contribution in [-0.4, -0.2) is 22.2 Å². The summed E-state index contributed by atoms with van der Waals surface area (Å²) in [6.07, 6.45) is 1.53. The zero-order valence-electron chi connectivity index (χ0n) is 8.70. The van der Waals surface area contributed by atoms with Gasteiger partial charge in [0.2, 0.25) is 0 Å². The summed E-state index contributed by atoms with van der Waals surface area (Å²) >= 11 is 0. The summed E-state index contributed by atoms with van der Waals surface area (Å²) in [6, 6.07) is 1.26. The molecule has 14 heavy (non-hydrogen) atoms. The van der Waals surface area contributed by atoms with Gasteiger partial charge in [0.05, 0.1) is 6.04 Å². The predicted octanol–water partition coefficient (Wildman–Crippen LogP) is 2.25. The predicted molar refractivity (Wildman–Crippen MR) is 52.1 cm³/mol. The van der Waals surface area contributed by atoms with E-state index in [0.717, 1.165) is 0 Å². The molecule has 0 amide bonds. The van der Waals surface area contributed by atoms with Crippen molar-refractivity contribution in [2.24, 2.45) is 5.92 Å². The van der Waals surface area contributed by atoms with E-state index in [1.807, 2.05) is 13.8 Å². The van der Waals surface area contributed by atoms with Crippen LogP contribution in [0.5, 0.6) is 0 Å². The molecule has 0 aliphatic carbocycles. The number of alkyl halides is 1. The maximum absolute atomic E-state index is 12.4. The van der Waals surface area contributed by atoms with Crippen LogP contribution in [0.2, 0.25) is 0 Å². The Bertz CT molecular complexity index is 320. The van der Waals surface area contributed by atoms with Crippen LogP contribution in [0, 0.1) is 5.92 Å². The van der Waals surface area contributed by atoms with E-state index in [1.54, 1.807) is 13.0 Å². The molecule has 1 rings (SSSR count). The number of carbonyl (C=O) groups excluding carboxylic acids is 1. The van der Waals surface area contributed by atoms with E-state index in [4.69, 9.17) is 0 Å². The Kier molecular flexibility index (Phi) is 3.38. The first-order chi connectivity index (χ1) is 6.57. The lowest BCUT2D eigenvalue weighted by atomic mass is 10.1. The van der Waals surface area contributed by atoms with Gasteiger partial charge in [0.1, 0.15) is 12.4 Å². The summed E-state index contributed by atoms with van der Waals surface area (Å²) in [7, 11) is 0. The topological polar surface area (TPSA) is 34.9 Å². The van der Waals surface area contributed by atoms with Gasteiger partial charge in [-0.25, -0.2) is 4.39 Å². The molecule has 0 radical (unpaired) electrons. The number of hydrogen-bond acceptors (Lipinski definition) is 2. The number of carbonyl (C=O) groups is 1. The first kappa shape index (κ1) is 10.9. The van der Waals surface area contributed by atoms with Gasteiger partial charge in [0, 0.05) is 12.1 Å². The molecule has 1 heterocycles.